The summed E-state index contributed by atoms with van der Waals surface area (Å²) in [5.74, 6) is 3.02. The Morgan fingerprint density at radius 2 is 1.54 bits per heavy atom. The molecule has 1 heterocycles. The van der Waals surface area contributed by atoms with Crippen molar-refractivity contribution >= 4 is 15.8 Å². The molecule has 1 rings (SSSR count). The monoisotopic (exact) mass is 413 g/mol. The molecule has 0 saturated carbocycles. The van der Waals surface area contributed by atoms with Gasteiger partial charge in [0.05, 0.1) is 17.4 Å². The number of esters is 1. The smallest absolute Gasteiger partial charge is 0.313 e. The molecule has 0 N–H and O–H groups in total. The number of unbranched alkanes of at least 4 members (excludes halogenated alkanes) is 7. The fourth-order valence-corrected chi connectivity index (χ4v) is 5.05. The summed E-state index contributed by atoms with van der Waals surface area (Å²) < 4.78 is 29.4. The second-order valence-electron chi connectivity index (χ2n) is 8.25. The van der Waals surface area contributed by atoms with E-state index in [2.05, 4.69) is 5.92 Å². The van der Waals surface area contributed by atoms with E-state index in [1.165, 1.54) is 25.7 Å². The SMILES string of the molecule is C#CCCCCCCCC[C@@H]1OC(=O)[C@H]1CCCCS(=O)(=O)CCCN(C)C. The molecule has 0 radical (unpaired) electrons. The number of ether oxygens (including phenoxy) is 1. The van der Waals surface area contributed by atoms with Crippen molar-refractivity contribution < 1.29 is 17.9 Å². The van der Waals surface area contributed by atoms with Gasteiger partial charge in [0.15, 0.2) is 0 Å². The lowest BCUT2D eigenvalue weighted by molar-refractivity contribution is -0.186. The van der Waals surface area contributed by atoms with E-state index in [1.807, 2.05) is 19.0 Å². The Morgan fingerprint density at radius 3 is 2.18 bits per heavy atom. The van der Waals surface area contributed by atoms with Crippen LogP contribution in [0, 0.1) is 18.3 Å². The molecular formula is C22H39NO4S. The van der Waals surface area contributed by atoms with Gasteiger partial charge in [0.1, 0.15) is 15.9 Å². The largest absolute Gasteiger partial charge is 0.461 e. The van der Waals surface area contributed by atoms with Crippen molar-refractivity contribution in [1.29, 1.82) is 0 Å². The van der Waals surface area contributed by atoms with Crippen molar-refractivity contribution in [2.24, 2.45) is 5.92 Å². The van der Waals surface area contributed by atoms with Gasteiger partial charge < -0.3 is 9.64 Å². The number of rotatable bonds is 17. The molecule has 2 atom stereocenters. The predicted molar refractivity (Wildman–Crippen MR) is 115 cm³/mol. The molecule has 1 aliphatic rings. The lowest BCUT2D eigenvalue weighted by Crippen LogP contribution is -2.44. The van der Waals surface area contributed by atoms with Crippen LogP contribution in [-0.2, 0) is 19.4 Å². The van der Waals surface area contributed by atoms with Crippen molar-refractivity contribution in [3.05, 3.63) is 0 Å². The van der Waals surface area contributed by atoms with Crippen molar-refractivity contribution in [2.45, 2.75) is 83.2 Å². The third-order valence-electron chi connectivity index (χ3n) is 5.36. The van der Waals surface area contributed by atoms with Gasteiger partial charge in [-0.1, -0.05) is 32.1 Å². The summed E-state index contributed by atoms with van der Waals surface area (Å²) in [5.41, 5.74) is 0. The zero-order valence-electron chi connectivity index (χ0n) is 17.8. The first-order valence-corrected chi connectivity index (χ1v) is 12.7. The average molecular weight is 414 g/mol. The van der Waals surface area contributed by atoms with Crippen LogP contribution < -0.4 is 0 Å². The van der Waals surface area contributed by atoms with Crippen LogP contribution in [0.25, 0.3) is 0 Å². The minimum atomic E-state index is -2.97. The van der Waals surface area contributed by atoms with Gasteiger partial charge in [-0.25, -0.2) is 8.42 Å². The minimum absolute atomic E-state index is 0.0212. The number of hydrogen-bond acceptors (Lipinski definition) is 5. The summed E-state index contributed by atoms with van der Waals surface area (Å²) in [4.78, 5) is 13.7. The number of hydrogen-bond donors (Lipinski definition) is 0. The maximum Gasteiger partial charge on any atom is 0.313 e. The molecule has 0 bridgehead atoms. The maximum atomic E-state index is 12.0. The molecular weight excluding hydrogens is 374 g/mol. The number of cyclic esters (lactones) is 1. The molecule has 0 aromatic rings. The van der Waals surface area contributed by atoms with Crippen LogP contribution >= 0.6 is 0 Å². The second-order valence-corrected chi connectivity index (χ2v) is 10.6. The standard InChI is InChI=1S/C22H39NO4S/c1-4-5-6-7-8-9-10-11-16-21-20(22(24)27-21)15-12-13-18-28(25,26)19-14-17-23(2)3/h1,20-21H,5-19H2,2-3H3/t20-,21-/m0/s1. The van der Waals surface area contributed by atoms with Crippen LogP contribution in [0.3, 0.4) is 0 Å². The maximum absolute atomic E-state index is 12.0. The summed E-state index contributed by atoms with van der Waals surface area (Å²) in [5, 5.41) is 0. The molecule has 0 unspecified atom stereocenters. The van der Waals surface area contributed by atoms with E-state index in [1.54, 1.807) is 0 Å². The highest BCUT2D eigenvalue weighted by atomic mass is 32.2. The molecule has 0 amide bonds. The van der Waals surface area contributed by atoms with E-state index >= 15 is 0 Å². The van der Waals surface area contributed by atoms with Gasteiger partial charge in [-0.2, -0.15) is 0 Å². The van der Waals surface area contributed by atoms with E-state index in [4.69, 9.17) is 11.2 Å². The molecule has 0 spiro atoms. The number of carbonyl (C=O) groups excluding carboxylic acids is 1. The molecule has 0 aliphatic carbocycles. The fourth-order valence-electron chi connectivity index (χ4n) is 3.63. The Bertz CT molecular complexity index is 580. The van der Waals surface area contributed by atoms with E-state index in [9.17, 15) is 13.2 Å². The molecule has 28 heavy (non-hydrogen) atoms. The Balaban J connectivity index is 2.09. The Morgan fingerprint density at radius 1 is 0.929 bits per heavy atom. The van der Waals surface area contributed by atoms with E-state index < -0.39 is 9.84 Å². The highest BCUT2D eigenvalue weighted by Crippen LogP contribution is 2.31. The van der Waals surface area contributed by atoms with Crippen LogP contribution in [0.15, 0.2) is 0 Å². The molecule has 162 valence electrons. The van der Waals surface area contributed by atoms with Crippen molar-refractivity contribution in [3.63, 3.8) is 0 Å². The van der Waals surface area contributed by atoms with Gasteiger partial charge >= 0.3 is 5.97 Å². The Hall–Kier alpha value is -1.06. The summed E-state index contributed by atoms with van der Waals surface area (Å²) in [7, 11) is 0.919. The topological polar surface area (TPSA) is 63.7 Å². The third-order valence-corrected chi connectivity index (χ3v) is 7.18. The first-order chi connectivity index (χ1) is 13.4. The molecule has 0 aromatic heterocycles. The number of terminal acetylenes is 1. The van der Waals surface area contributed by atoms with Gasteiger partial charge in [-0.05, 0) is 59.2 Å². The van der Waals surface area contributed by atoms with E-state index in [-0.39, 0.29) is 29.5 Å². The summed E-state index contributed by atoms with van der Waals surface area (Å²) in [6.45, 7) is 0.791. The number of carbonyl (C=O) groups is 1. The van der Waals surface area contributed by atoms with Gasteiger partial charge in [-0.15, -0.1) is 12.3 Å². The zero-order chi connectivity index (χ0) is 20.8. The quantitative estimate of drug-likeness (QED) is 0.206. The third kappa shape index (κ3) is 11.1. The van der Waals surface area contributed by atoms with Crippen LogP contribution in [0.1, 0.15) is 77.0 Å². The van der Waals surface area contributed by atoms with E-state index in [0.717, 1.165) is 45.1 Å². The van der Waals surface area contributed by atoms with Crippen molar-refractivity contribution in [1.82, 2.24) is 4.90 Å². The summed E-state index contributed by atoms with van der Waals surface area (Å²) in [6, 6.07) is 0. The Kier molecular flexibility index (Phi) is 12.5. The highest BCUT2D eigenvalue weighted by Gasteiger charge is 2.40. The molecule has 1 fully saturated rings. The average Bonchev–Trinajstić information content (AvgIpc) is 2.62. The Labute approximate surface area is 172 Å². The first-order valence-electron chi connectivity index (χ1n) is 10.8. The van der Waals surface area contributed by atoms with Crippen LogP contribution in [0.4, 0.5) is 0 Å². The fraction of sp³-hybridized carbons (Fsp3) is 0.864. The van der Waals surface area contributed by atoms with Gasteiger partial charge in [0.25, 0.3) is 0 Å². The number of nitrogens with zero attached hydrogens (tertiary/aromatic N) is 1. The lowest BCUT2D eigenvalue weighted by atomic mass is 9.88. The normalized spacial score (nSPS) is 19.3. The second kappa shape index (κ2) is 14.0. The molecule has 1 saturated heterocycles. The van der Waals surface area contributed by atoms with Gasteiger partial charge in [-0.3, -0.25) is 4.79 Å². The van der Waals surface area contributed by atoms with Crippen molar-refractivity contribution in [2.75, 3.05) is 32.1 Å². The van der Waals surface area contributed by atoms with Crippen LogP contribution in [0.5, 0.6) is 0 Å². The predicted octanol–water partition coefficient (Wildman–Crippen LogP) is 3.82. The summed E-state index contributed by atoms with van der Waals surface area (Å²) in [6.07, 6.45) is 16.9. The highest BCUT2D eigenvalue weighted by molar-refractivity contribution is 7.91. The molecule has 5 nitrogen and oxygen atoms in total. The first kappa shape index (κ1) is 25.0. The molecule has 6 heteroatoms. The summed E-state index contributed by atoms with van der Waals surface area (Å²) >= 11 is 0. The van der Waals surface area contributed by atoms with Crippen molar-refractivity contribution in [3.8, 4) is 12.3 Å². The molecule has 0 aromatic carbocycles. The van der Waals surface area contributed by atoms with Gasteiger partial charge in [0.2, 0.25) is 0 Å². The van der Waals surface area contributed by atoms with Gasteiger partial charge in [0, 0.05) is 6.42 Å². The lowest BCUT2D eigenvalue weighted by Gasteiger charge is -2.35. The molecule has 1 aliphatic heterocycles. The zero-order valence-corrected chi connectivity index (χ0v) is 18.6. The minimum Gasteiger partial charge on any atom is -0.461 e. The van der Waals surface area contributed by atoms with E-state index in [0.29, 0.717) is 12.8 Å². The number of sulfone groups is 1. The van der Waals surface area contributed by atoms with Crippen LogP contribution in [-0.4, -0.2) is 57.5 Å². The van der Waals surface area contributed by atoms with Crippen LogP contribution in [0.2, 0.25) is 0 Å².